The largest absolute Gasteiger partial charge is 0.489 e. The average molecular weight is 417 g/mol. The van der Waals surface area contributed by atoms with Crippen LogP contribution in [0.25, 0.3) is 0 Å². The van der Waals surface area contributed by atoms with E-state index in [9.17, 15) is 0 Å². The fourth-order valence-electron chi connectivity index (χ4n) is 1.85. The molecule has 114 valence electrons. The minimum Gasteiger partial charge on any atom is -0.489 e. The number of hydrogen-bond donors (Lipinski definition) is 1. The van der Waals surface area contributed by atoms with E-state index in [0.29, 0.717) is 12.6 Å². The summed E-state index contributed by atoms with van der Waals surface area (Å²) in [6.07, 6.45) is 5.48. The Labute approximate surface area is 142 Å². The van der Waals surface area contributed by atoms with Crippen LogP contribution in [0.4, 0.5) is 0 Å². The zero-order valence-electron chi connectivity index (χ0n) is 12.1. The maximum absolute atomic E-state index is 5.86. The predicted molar refractivity (Wildman–Crippen MR) is 91.5 cm³/mol. The lowest BCUT2D eigenvalue weighted by Crippen LogP contribution is -2.21. The monoisotopic (exact) mass is 415 g/mol. The molecule has 6 heteroatoms. The van der Waals surface area contributed by atoms with Gasteiger partial charge in [-0.3, -0.25) is 0 Å². The van der Waals surface area contributed by atoms with Crippen molar-refractivity contribution in [2.45, 2.75) is 33.0 Å². The Morgan fingerprint density at radius 3 is 2.57 bits per heavy atom. The molecular formula is C15H19Br2N3O. The highest BCUT2D eigenvalue weighted by Crippen LogP contribution is 2.34. The van der Waals surface area contributed by atoms with Crippen LogP contribution in [0.5, 0.6) is 5.75 Å². The summed E-state index contributed by atoms with van der Waals surface area (Å²) in [5, 5.41) is 3.40. The summed E-state index contributed by atoms with van der Waals surface area (Å²) in [6.45, 7) is 6.48. The molecular weight excluding hydrogens is 398 g/mol. The van der Waals surface area contributed by atoms with Crippen LogP contribution in [0, 0.1) is 0 Å². The van der Waals surface area contributed by atoms with Crippen molar-refractivity contribution in [3.05, 3.63) is 45.4 Å². The van der Waals surface area contributed by atoms with Crippen molar-refractivity contribution < 1.29 is 4.74 Å². The van der Waals surface area contributed by atoms with Gasteiger partial charge in [-0.15, -0.1) is 0 Å². The third kappa shape index (κ3) is 5.13. The van der Waals surface area contributed by atoms with Gasteiger partial charge in [0, 0.05) is 25.0 Å². The molecule has 1 aromatic carbocycles. The molecule has 0 radical (unpaired) electrons. The van der Waals surface area contributed by atoms with E-state index in [1.807, 2.05) is 10.8 Å². The van der Waals surface area contributed by atoms with Crippen LogP contribution in [0.1, 0.15) is 19.4 Å². The van der Waals surface area contributed by atoms with Crippen LogP contribution < -0.4 is 10.1 Å². The fourth-order valence-corrected chi connectivity index (χ4v) is 3.36. The van der Waals surface area contributed by atoms with Gasteiger partial charge in [-0.2, -0.15) is 0 Å². The number of nitrogens with zero attached hydrogens (tertiary/aromatic N) is 2. The molecule has 2 aromatic rings. The molecule has 0 aliphatic carbocycles. The van der Waals surface area contributed by atoms with Crippen molar-refractivity contribution in [3.8, 4) is 5.75 Å². The Morgan fingerprint density at radius 2 is 2.00 bits per heavy atom. The van der Waals surface area contributed by atoms with Gasteiger partial charge in [-0.1, -0.05) is 13.8 Å². The normalized spacial score (nSPS) is 11.1. The van der Waals surface area contributed by atoms with Crippen LogP contribution in [-0.4, -0.2) is 22.2 Å². The first-order valence-electron chi connectivity index (χ1n) is 6.86. The van der Waals surface area contributed by atoms with E-state index in [-0.39, 0.29) is 0 Å². The smallest absolute Gasteiger partial charge is 0.147 e. The van der Waals surface area contributed by atoms with Gasteiger partial charge in [-0.05, 0) is 49.6 Å². The highest BCUT2D eigenvalue weighted by atomic mass is 79.9. The molecule has 0 saturated carbocycles. The topological polar surface area (TPSA) is 39.1 Å². The molecule has 0 fully saturated rings. The van der Waals surface area contributed by atoms with Gasteiger partial charge < -0.3 is 14.6 Å². The SMILES string of the molecule is CC(C)NCc1cc(Br)c(OCCn2ccnc2)c(Br)c1. The van der Waals surface area contributed by atoms with E-state index in [2.05, 4.69) is 68.1 Å². The van der Waals surface area contributed by atoms with Gasteiger partial charge in [0.05, 0.1) is 21.8 Å². The second-order valence-corrected chi connectivity index (χ2v) is 6.78. The van der Waals surface area contributed by atoms with Crippen LogP contribution in [0.2, 0.25) is 0 Å². The molecule has 1 aromatic heterocycles. The second kappa shape index (κ2) is 7.96. The number of ether oxygens (including phenoxy) is 1. The molecule has 0 saturated heterocycles. The number of imidazole rings is 1. The van der Waals surface area contributed by atoms with Crippen LogP contribution >= 0.6 is 31.9 Å². The zero-order valence-corrected chi connectivity index (χ0v) is 15.3. The first kappa shape index (κ1) is 16.5. The van der Waals surface area contributed by atoms with Crippen LogP contribution in [0.15, 0.2) is 39.8 Å². The van der Waals surface area contributed by atoms with Crippen molar-refractivity contribution in [3.63, 3.8) is 0 Å². The summed E-state index contributed by atoms with van der Waals surface area (Å²) in [6, 6.07) is 4.65. The van der Waals surface area contributed by atoms with Crippen LogP contribution in [-0.2, 0) is 13.1 Å². The Balaban J connectivity index is 1.96. The number of rotatable bonds is 7. The maximum Gasteiger partial charge on any atom is 0.147 e. The first-order valence-corrected chi connectivity index (χ1v) is 8.44. The number of nitrogens with one attached hydrogen (secondary N) is 1. The molecule has 4 nitrogen and oxygen atoms in total. The van der Waals surface area contributed by atoms with Gasteiger partial charge in [0.2, 0.25) is 0 Å². The highest BCUT2D eigenvalue weighted by molar-refractivity contribution is 9.11. The fraction of sp³-hybridized carbons (Fsp3) is 0.400. The maximum atomic E-state index is 5.86. The van der Waals surface area contributed by atoms with E-state index in [4.69, 9.17) is 4.74 Å². The third-order valence-electron chi connectivity index (χ3n) is 2.93. The number of hydrogen-bond acceptors (Lipinski definition) is 3. The molecule has 0 atom stereocenters. The van der Waals surface area contributed by atoms with E-state index in [0.717, 1.165) is 27.8 Å². The van der Waals surface area contributed by atoms with Gasteiger partial charge in [0.1, 0.15) is 12.4 Å². The van der Waals surface area contributed by atoms with E-state index in [1.165, 1.54) is 5.56 Å². The molecule has 2 rings (SSSR count). The summed E-state index contributed by atoms with van der Waals surface area (Å²) < 4.78 is 9.77. The summed E-state index contributed by atoms with van der Waals surface area (Å²) >= 11 is 7.16. The molecule has 21 heavy (non-hydrogen) atoms. The molecule has 0 spiro atoms. The third-order valence-corrected chi connectivity index (χ3v) is 4.11. The lowest BCUT2D eigenvalue weighted by Gasteiger charge is -2.14. The van der Waals surface area contributed by atoms with Crippen molar-refractivity contribution >= 4 is 31.9 Å². The second-order valence-electron chi connectivity index (χ2n) is 5.07. The molecule has 0 amide bonds. The van der Waals surface area contributed by atoms with Gasteiger partial charge in [0.25, 0.3) is 0 Å². The number of benzene rings is 1. The standard InChI is InChI=1S/C15H19Br2N3O/c1-11(2)19-9-12-7-13(16)15(14(17)8-12)21-6-5-20-4-3-18-10-20/h3-4,7-8,10-11,19H,5-6,9H2,1-2H3. The Bertz CT molecular complexity index is 547. The zero-order chi connectivity index (χ0) is 15.2. The molecule has 0 unspecified atom stereocenters. The lowest BCUT2D eigenvalue weighted by atomic mass is 10.2. The number of aromatic nitrogens is 2. The van der Waals surface area contributed by atoms with Gasteiger partial charge in [-0.25, -0.2) is 4.98 Å². The Kier molecular flexibility index (Phi) is 6.26. The van der Waals surface area contributed by atoms with Crippen molar-refractivity contribution in [1.29, 1.82) is 0 Å². The van der Waals surface area contributed by atoms with Crippen LogP contribution in [0.3, 0.4) is 0 Å². The molecule has 0 aliphatic heterocycles. The van der Waals surface area contributed by atoms with Crippen molar-refractivity contribution in [2.24, 2.45) is 0 Å². The average Bonchev–Trinajstić information content (AvgIpc) is 2.92. The van der Waals surface area contributed by atoms with Crippen molar-refractivity contribution in [1.82, 2.24) is 14.9 Å². The van der Waals surface area contributed by atoms with Crippen molar-refractivity contribution in [2.75, 3.05) is 6.61 Å². The predicted octanol–water partition coefficient (Wildman–Crippen LogP) is 3.99. The summed E-state index contributed by atoms with van der Waals surface area (Å²) in [7, 11) is 0. The Morgan fingerprint density at radius 1 is 1.29 bits per heavy atom. The summed E-state index contributed by atoms with van der Waals surface area (Å²) in [5.74, 6) is 0.836. The van der Waals surface area contributed by atoms with E-state index < -0.39 is 0 Å². The molecule has 1 N–H and O–H groups in total. The van der Waals surface area contributed by atoms with E-state index in [1.54, 1.807) is 12.5 Å². The minimum atomic E-state index is 0.466. The Hall–Kier alpha value is -0.850. The highest BCUT2D eigenvalue weighted by Gasteiger charge is 2.09. The lowest BCUT2D eigenvalue weighted by molar-refractivity contribution is 0.294. The molecule has 0 aliphatic rings. The summed E-state index contributed by atoms with van der Waals surface area (Å²) in [5.41, 5.74) is 1.21. The van der Waals surface area contributed by atoms with Gasteiger partial charge in [0.15, 0.2) is 0 Å². The van der Waals surface area contributed by atoms with Gasteiger partial charge >= 0.3 is 0 Å². The van der Waals surface area contributed by atoms with E-state index >= 15 is 0 Å². The quantitative estimate of drug-likeness (QED) is 0.741. The number of halogens is 2. The molecule has 1 heterocycles. The summed E-state index contributed by atoms with van der Waals surface area (Å²) in [4.78, 5) is 4.01. The minimum absolute atomic E-state index is 0.466. The first-order chi connectivity index (χ1) is 10.1. The molecule has 0 bridgehead atoms.